The molecule has 30 heavy (non-hydrogen) atoms. The van der Waals surface area contributed by atoms with E-state index in [1.807, 2.05) is 17.0 Å². The van der Waals surface area contributed by atoms with Gasteiger partial charge in [0.25, 0.3) is 5.91 Å². The number of rotatable bonds is 4. The van der Waals surface area contributed by atoms with E-state index in [1.54, 1.807) is 13.3 Å². The van der Waals surface area contributed by atoms with Crippen LogP contribution in [0, 0.1) is 13.8 Å². The normalized spacial score (nSPS) is 21.9. The monoisotopic (exact) mass is 407 g/mol. The topological polar surface area (TPSA) is 45.7 Å². The Morgan fingerprint density at radius 1 is 1.13 bits per heavy atom. The molecule has 4 rings (SSSR count). The molecule has 1 amide bonds. The summed E-state index contributed by atoms with van der Waals surface area (Å²) in [7, 11) is 1.74. The number of piperazine rings is 1. The van der Waals surface area contributed by atoms with Crippen LogP contribution in [0.25, 0.3) is 0 Å². The molecule has 0 unspecified atom stereocenters. The minimum atomic E-state index is 0.114. The number of pyridine rings is 1. The fourth-order valence-electron chi connectivity index (χ4n) is 5.11. The van der Waals surface area contributed by atoms with Crippen LogP contribution in [0.1, 0.15) is 65.0 Å². The zero-order valence-corrected chi connectivity index (χ0v) is 18.6. The molecule has 1 aromatic carbocycles. The number of piperidine rings is 1. The Morgan fingerprint density at radius 2 is 1.97 bits per heavy atom. The lowest BCUT2D eigenvalue weighted by atomic mass is 9.86. The number of ether oxygens (including phenoxy) is 1. The second-order valence-electron chi connectivity index (χ2n) is 8.59. The summed E-state index contributed by atoms with van der Waals surface area (Å²) in [6.07, 6.45) is 6.16. The second-order valence-corrected chi connectivity index (χ2v) is 8.59. The predicted octanol–water partition coefficient (Wildman–Crippen LogP) is 4.32. The summed E-state index contributed by atoms with van der Waals surface area (Å²) >= 11 is 0. The van der Waals surface area contributed by atoms with E-state index in [4.69, 9.17) is 4.74 Å². The van der Waals surface area contributed by atoms with Gasteiger partial charge in [0, 0.05) is 43.6 Å². The highest BCUT2D eigenvalue weighted by Crippen LogP contribution is 2.39. The number of carbonyl (C=O) groups excluding carboxylic acids is 1. The van der Waals surface area contributed by atoms with Crippen molar-refractivity contribution in [3.8, 4) is 5.75 Å². The number of carbonyl (C=O) groups is 1. The van der Waals surface area contributed by atoms with Gasteiger partial charge in [-0.25, -0.2) is 0 Å². The average molecular weight is 408 g/mol. The third-order valence-electron chi connectivity index (χ3n) is 7.02. The number of aryl methyl sites for hydroxylation is 1. The molecule has 2 aliphatic heterocycles. The van der Waals surface area contributed by atoms with Crippen LogP contribution in [0.4, 0.5) is 0 Å². The van der Waals surface area contributed by atoms with Gasteiger partial charge in [-0.15, -0.1) is 0 Å². The van der Waals surface area contributed by atoms with E-state index < -0.39 is 0 Å². The standard InChI is InChI=1S/C25H33N3O2/c1-5-20-10-9-19(15-26-20)25(29)27-13-14-28-21(16-27)7-6-8-23(28)22-11-12-24(30-4)18(3)17(22)2/h9-12,15,21,23H,5-8,13-14,16H2,1-4H3/t21-,23+/m0/s1. The number of aromatic nitrogens is 1. The van der Waals surface area contributed by atoms with Crippen molar-refractivity contribution in [1.29, 1.82) is 0 Å². The molecular formula is C25H33N3O2. The highest BCUT2D eigenvalue weighted by molar-refractivity contribution is 5.94. The van der Waals surface area contributed by atoms with E-state index in [0.717, 1.165) is 43.9 Å². The summed E-state index contributed by atoms with van der Waals surface area (Å²) < 4.78 is 5.51. The summed E-state index contributed by atoms with van der Waals surface area (Å²) in [4.78, 5) is 22.1. The number of fused-ring (bicyclic) bond motifs is 1. The summed E-state index contributed by atoms with van der Waals surface area (Å²) in [6.45, 7) is 8.94. The first-order valence-corrected chi connectivity index (χ1v) is 11.2. The lowest BCUT2D eigenvalue weighted by molar-refractivity contribution is 0.0101. The Morgan fingerprint density at radius 3 is 2.67 bits per heavy atom. The summed E-state index contributed by atoms with van der Waals surface area (Å²) in [6, 6.07) is 9.09. The quantitative estimate of drug-likeness (QED) is 0.757. The van der Waals surface area contributed by atoms with Crippen molar-refractivity contribution in [2.24, 2.45) is 0 Å². The van der Waals surface area contributed by atoms with Crippen LogP contribution in [0.5, 0.6) is 5.75 Å². The molecule has 0 aliphatic carbocycles. The van der Waals surface area contributed by atoms with E-state index in [2.05, 4.69) is 42.8 Å². The van der Waals surface area contributed by atoms with Crippen molar-refractivity contribution >= 4 is 5.91 Å². The van der Waals surface area contributed by atoms with E-state index in [-0.39, 0.29) is 5.91 Å². The maximum absolute atomic E-state index is 13.0. The molecule has 2 aliphatic rings. The number of nitrogens with zero attached hydrogens (tertiary/aromatic N) is 3. The van der Waals surface area contributed by atoms with Crippen molar-refractivity contribution in [1.82, 2.24) is 14.8 Å². The Balaban J connectivity index is 1.50. The van der Waals surface area contributed by atoms with Gasteiger partial charge in [0.15, 0.2) is 0 Å². The van der Waals surface area contributed by atoms with Crippen molar-refractivity contribution in [3.63, 3.8) is 0 Å². The molecule has 2 fully saturated rings. The van der Waals surface area contributed by atoms with Crippen LogP contribution in [-0.2, 0) is 6.42 Å². The Kier molecular flexibility index (Phi) is 6.09. The van der Waals surface area contributed by atoms with Gasteiger partial charge in [0.2, 0.25) is 0 Å². The molecule has 0 radical (unpaired) electrons. The van der Waals surface area contributed by atoms with Gasteiger partial charge < -0.3 is 9.64 Å². The van der Waals surface area contributed by atoms with Crippen molar-refractivity contribution < 1.29 is 9.53 Å². The summed E-state index contributed by atoms with van der Waals surface area (Å²) in [5.74, 6) is 1.07. The molecule has 2 saturated heterocycles. The van der Waals surface area contributed by atoms with Gasteiger partial charge in [-0.2, -0.15) is 0 Å². The largest absolute Gasteiger partial charge is 0.496 e. The van der Waals surface area contributed by atoms with Gasteiger partial charge >= 0.3 is 0 Å². The van der Waals surface area contributed by atoms with Crippen LogP contribution in [0.2, 0.25) is 0 Å². The fraction of sp³-hybridized carbons (Fsp3) is 0.520. The predicted molar refractivity (Wildman–Crippen MR) is 119 cm³/mol. The Labute approximate surface area is 180 Å². The summed E-state index contributed by atoms with van der Waals surface area (Å²) in [5.41, 5.74) is 5.71. The van der Waals surface area contributed by atoms with Gasteiger partial charge in [0.1, 0.15) is 5.75 Å². The SMILES string of the molecule is CCc1ccc(C(=O)N2CCN3[C@@H](CCC[C@@H]3c3ccc(OC)c(C)c3C)C2)cn1. The minimum absolute atomic E-state index is 0.114. The molecule has 5 nitrogen and oxygen atoms in total. The minimum Gasteiger partial charge on any atom is -0.496 e. The Hall–Kier alpha value is -2.40. The first-order valence-electron chi connectivity index (χ1n) is 11.2. The first kappa shape index (κ1) is 20.9. The number of amides is 1. The Bertz CT molecular complexity index is 909. The molecule has 0 saturated carbocycles. The van der Waals surface area contributed by atoms with Crippen LogP contribution in [-0.4, -0.2) is 53.5 Å². The molecular weight excluding hydrogens is 374 g/mol. The van der Waals surface area contributed by atoms with Gasteiger partial charge in [0.05, 0.1) is 12.7 Å². The zero-order chi connectivity index (χ0) is 21.3. The first-order chi connectivity index (χ1) is 14.5. The molecule has 3 heterocycles. The number of benzene rings is 1. The maximum Gasteiger partial charge on any atom is 0.255 e. The van der Waals surface area contributed by atoms with Crippen LogP contribution in [0.15, 0.2) is 30.5 Å². The molecule has 2 aromatic rings. The lowest BCUT2D eigenvalue weighted by Crippen LogP contribution is -2.57. The molecule has 2 atom stereocenters. The summed E-state index contributed by atoms with van der Waals surface area (Å²) in [5, 5.41) is 0. The van der Waals surface area contributed by atoms with E-state index >= 15 is 0 Å². The number of methoxy groups -OCH3 is 1. The molecule has 5 heteroatoms. The molecule has 1 aromatic heterocycles. The van der Waals surface area contributed by atoms with Crippen LogP contribution in [0.3, 0.4) is 0 Å². The smallest absolute Gasteiger partial charge is 0.255 e. The lowest BCUT2D eigenvalue weighted by Gasteiger charge is -2.48. The van der Waals surface area contributed by atoms with Gasteiger partial charge in [-0.3, -0.25) is 14.7 Å². The third-order valence-corrected chi connectivity index (χ3v) is 7.02. The highest BCUT2D eigenvalue weighted by Gasteiger charge is 2.37. The van der Waals surface area contributed by atoms with Crippen molar-refractivity contribution in [3.05, 3.63) is 58.4 Å². The van der Waals surface area contributed by atoms with E-state index in [1.165, 1.54) is 29.5 Å². The molecule has 0 N–H and O–H groups in total. The van der Waals surface area contributed by atoms with E-state index in [0.29, 0.717) is 17.6 Å². The van der Waals surface area contributed by atoms with E-state index in [9.17, 15) is 4.79 Å². The van der Waals surface area contributed by atoms with Gasteiger partial charge in [-0.05, 0) is 74.4 Å². The maximum atomic E-state index is 13.0. The third kappa shape index (κ3) is 3.83. The zero-order valence-electron chi connectivity index (χ0n) is 18.6. The number of hydrogen-bond acceptors (Lipinski definition) is 4. The van der Waals surface area contributed by atoms with Crippen molar-refractivity contribution in [2.45, 2.75) is 58.5 Å². The molecule has 160 valence electrons. The van der Waals surface area contributed by atoms with Crippen molar-refractivity contribution in [2.75, 3.05) is 26.7 Å². The average Bonchev–Trinajstić information content (AvgIpc) is 2.79. The highest BCUT2D eigenvalue weighted by atomic mass is 16.5. The van der Waals surface area contributed by atoms with Crippen LogP contribution >= 0.6 is 0 Å². The fourth-order valence-corrected chi connectivity index (χ4v) is 5.11. The second kappa shape index (κ2) is 8.76. The van der Waals surface area contributed by atoms with Gasteiger partial charge in [-0.1, -0.05) is 13.0 Å². The van der Waals surface area contributed by atoms with Crippen LogP contribution < -0.4 is 4.74 Å². The molecule has 0 bridgehead atoms. The molecule has 0 spiro atoms. The number of hydrogen-bond donors (Lipinski definition) is 0.